The highest BCUT2D eigenvalue weighted by molar-refractivity contribution is 7.86. The maximum atomic E-state index is 10.7. The lowest BCUT2D eigenvalue weighted by atomic mass is 10.0. The van der Waals surface area contributed by atoms with Gasteiger partial charge < -0.3 is 4.18 Å². The Morgan fingerprint density at radius 3 is 1.62 bits per heavy atom. The number of unbranched alkanes of at least 4 members (excludes halogenated alkanes) is 12. The zero-order chi connectivity index (χ0) is 15.8. The van der Waals surface area contributed by atoms with Crippen molar-refractivity contribution >= 4 is 10.1 Å². The molecule has 0 rings (SSSR count). The third-order valence-electron chi connectivity index (χ3n) is 3.55. The van der Waals surface area contributed by atoms with Crippen molar-refractivity contribution in [3.63, 3.8) is 0 Å². The van der Waals surface area contributed by atoms with Crippen LogP contribution in [0.4, 0.5) is 0 Å². The van der Waals surface area contributed by atoms with Crippen LogP contribution in [0.15, 0.2) is 12.3 Å². The van der Waals surface area contributed by atoms with Crippen LogP contribution in [0, 0.1) is 0 Å². The first-order chi connectivity index (χ1) is 10.1. The predicted molar refractivity (Wildman–Crippen MR) is 90.8 cm³/mol. The lowest BCUT2D eigenvalue weighted by molar-refractivity contribution is 0.447. The highest BCUT2D eigenvalue weighted by Crippen LogP contribution is 2.12. The molecule has 0 heterocycles. The second-order valence-corrected chi connectivity index (χ2v) is 7.45. The minimum Gasteiger partial charge on any atom is -0.391 e. The lowest BCUT2D eigenvalue weighted by Gasteiger charge is -2.02. The maximum Gasteiger partial charge on any atom is 0.305 e. The van der Waals surface area contributed by atoms with Gasteiger partial charge in [-0.15, -0.1) is 0 Å². The molecule has 0 aromatic carbocycles. The van der Waals surface area contributed by atoms with Gasteiger partial charge in [0.15, 0.2) is 0 Å². The molecule has 0 aliphatic rings. The summed E-state index contributed by atoms with van der Waals surface area (Å²) in [4.78, 5) is 0. The van der Waals surface area contributed by atoms with Gasteiger partial charge >= 0.3 is 10.1 Å². The van der Waals surface area contributed by atoms with Crippen LogP contribution in [-0.2, 0) is 14.3 Å². The Labute approximate surface area is 132 Å². The van der Waals surface area contributed by atoms with E-state index in [0.717, 1.165) is 19.1 Å². The van der Waals surface area contributed by atoms with Crippen LogP contribution in [0.25, 0.3) is 0 Å². The van der Waals surface area contributed by atoms with E-state index in [1.165, 1.54) is 76.9 Å². The molecule has 0 amide bonds. The van der Waals surface area contributed by atoms with E-state index in [0.29, 0.717) is 0 Å². The fraction of sp³-hybridized carbons (Fsp3) is 0.882. The van der Waals surface area contributed by atoms with Crippen LogP contribution in [-0.4, -0.2) is 14.7 Å². The van der Waals surface area contributed by atoms with Crippen molar-refractivity contribution in [3.05, 3.63) is 12.3 Å². The summed E-state index contributed by atoms with van der Waals surface area (Å²) >= 11 is 0. The Morgan fingerprint density at radius 2 is 1.19 bits per heavy atom. The van der Waals surface area contributed by atoms with Crippen molar-refractivity contribution < 1.29 is 12.6 Å². The van der Waals surface area contributed by atoms with Crippen molar-refractivity contribution in [1.82, 2.24) is 0 Å². The van der Waals surface area contributed by atoms with Crippen molar-refractivity contribution in [1.29, 1.82) is 0 Å². The van der Waals surface area contributed by atoms with Crippen LogP contribution in [0.1, 0.15) is 90.4 Å². The van der Waals surface area contributed by atoms with Gasteiger partial charge in [-0.25, -0.2) is 0 Å². The molecule has 0 N–H and O–H groups in total. The van der Waals surface area contributed by atoms with Gasteiger partial charge in [-0.1, -0.05) is 77.6 Å². The Morgan fingerprint density at radius 1 is 0.762 bits per heavy atom. The molecule has 0 radical (unpaired) electrons. The first-order valence-corrected chi connectivity index (χ1v) is 10.4. The molecule has 4 heteroatoms. The summed E-state index contributed by atoms with van der Waals surface area (Å²) in [5.74, 6) is 0. The summed E-state index contributed by atoms with van der Waals surface area (Å²) in [5, 5.41) is 0. The molecule has 0 aromatic heterocycles. The van der Waals surface area contributed by atoms with Gasteiger partial charge in [-0.3, -0.25) is 0 Å². The fourth-order valence-corrected chi connectivity index (χ4v) is 2.59. The molecule has 0 saturated carbocycles. The molecule has 126 valence electrons. The average Bonchev–Trinajstić information content (AvgIpc) is 2.42. The zero-order valence-electron chi connectivity index (χ0n) is 14.0. The smallest absolute Gasteiger partial charge is 0.305 e. The number of rotatable bonds is 15. The summed E-state index contributed by atoms with van der Waals surface area (Å²) in [6, 6.07) is 0. The molecule has 21 heavy (non-hydrogen) atoms. The molecular formula is C17H34O3S. The van der Waals surface area contributed by atoms with Crippen molar-refractivity contribution in [2.45, 2.75) is 90.4 Å². The van der Waals surface area contributed by atoms with Gasteiger partial charge in [0, 0.05) is 0 Å². The summed E-state index contributed by atoms with van der Waals surface area (Å²) in [5.41, 5.74) is 0. The van der Waals surface area contributed by atoms with Gasteiger partial charge in [0.05, 0.1) is 6.26 Å². The predicted octanol–water partition coefficient (Wildman–Crippen LogP) is 5.57. The summed E-state index contributed by atoms with van der Waals surface area (Å²) in [6.07, 6.45) is 21.1. The molecular weight excluding hydrogens is 284 g/mol. The highest BCUT2D eigenvalue weighted by atomic mass is 32.2. The van der Waals surface area contributed by atoms with E-state index < -0.39 is 10.1 Å². The molecule has 0 spiro atoms. The SMILES string of the molecule is CCCCCCCCCCCCCC/C=C/OS(C)(=O)=O. The van der Waals surface area contributed by atoms with Gasteiger partial charge in [0.1, 0.15) is 6.26 Å². The topological polar surface area (TPSA) is 43.4 Å². The van der Waals surface area contributed by atoms with Crippen molar-refractivity contribution in [2.75, 3.05) is 6.26 Å². The fourth-order valence-electron chi connectivity index (χ4n) is 2.31. The Kier molecular flexibility index (Phi) is 14.1. The van der Waals surface area contributed by atoms with Crippen LogP contribution in [0.3, 0.4) is 0 Å². The van der Waals surface area contributed by atoms with Crippen LogP contribution in [0.2, 0.25) is 0 Å². The van der Waals surface area contributed by atoms with E-state index in [-0.39, 0.29) is 0 Å². The Hall–Kier alpha value is -0.510. The molecule has 0 fully saturated rings. The largest absolute Gasteiger partial charge is 0.391 e. The molecule has 3 nitrogen and oxygen atoms in total. The third kappa shape index (κ3) is 19.5. The second-order valence-electron chi connectivity index (χ2n) is 5.85. The molecule has 0 aromatic rings. The molecule has 0 atom stereocenters. The normalized spacial score (nSPS) is 12.1. The average molecular weight is 319 g/mol. The van der Waals surface area contributed by atoms with E-state index >= 15 is 0 Å². The highest BCUT2D eigenvalue weighted by Gasteiger charge is 1.95. The van der Waals surface area contributed by atoms with Crippen LogP contribution < -0.4 is 0 Å². The first kappa shape index (κ1) is 20.5. The Balaban J connectivity index is 3.12. The minimum atomic E-state index is -3.33. The lowest BCUT2D eigenvalue weighted by Crippen LogP contribution is -1.95. The standard InChI is InChI=1S/C17H34O3S/c1-3-4-5-6-7-8-9-10-11-12-13-14-15-16-17-20-21(2,18)19/h16-17H,3-15H2,1-2H3/b17-16+. The van der Waals surface area contributed by atoms with Gasteiger partial charge in [0.2, 0.25) is 0 Å². The van der Waals surface area contributed by atoms with E-state index in [1.54, 1.807) is 6.08 Å². The summed E-state index contributed by atoms with van der Waals surface area (Å²) in [7, 11) is -3.33. The molecule has 0 unspecified atom stereocenters. The quantitative estimate of drug-likeness (QED) is 0.225. The van der Waals surface area contributed by atoms with E-state index in [2.05, 4.69) is 11.1 Å². The minimum absolute atomic E-state index is 0.896. The maximum absolute atomic E-state index is 10.7. The summed E-state index contributed by atoms with van der Waals surface area (Å²) < 4.78 is 25.9. The Bertz CT molecular complexity index is 334. The molecule has 0 saturated heterocycles. The van der Waals surface area contributed by atoms with Gasteiger partial charge in [-0.05, 0) is 18.9 Å². The number of allylic oxidation sites excluding steroid dienone is 1. The zero-order valence-corrected chi connectivity index (χ0v) is 14.8. The van der Waals surface area contributed by atoms with Crippen molar-refractivity contribution in [2.24, 2.45) is 0 Å². The van der Waals surface area contributed by atoms with Crippen molar-refractivity contribution in [3.8, 4) is 0 Å². The van der Waals surface area contributed by atoms with E-state index in [4.69, 9.17) is 0 Å². The summed E-state index contributed by atoms with van der Waals surface area (Å²) in [6.45, 7) is 2.26. The third-order valence-corrected chi connectivity index (χ3v) is 4.01. The number of hydrogen-bond acceptors (Lipinski definition) is 3. The molecule has 0 bridgehead atoms. The molecule has 0 aliphatic heterocycles. The van der Waals surface area contributed by atoms with E-state index in [9.17, 15) is 8.42 Å². The van der Waals surface area contributed by atoms with Crippen LogP contribution in [0.5, 0.6) is 0 Å². The first-order valence-electron chi connectivity index (χ1n) is 8.59. The van der Waals surface area contributed by atoms with Crippen LogP contribution >= 0.6 is 0 Å². The van der Waals surface area contributed by atoms with Gasteiger partial charge in [-0.2, -0.15) is 8.42 Å². The van der Waals surface area contributed by atoms with E-state index in [1.807, 2.05) is 0 Å². The number of hydrogen-bond donors (Lipinski definition) is 0. The van der Waals surface area contributed by atoms with Gasteiger partial charge in [0.25, 0.3) is 0 Å². The monoisotopic (exact) mass is 318 g/mol. The second kappa shape index (κ2) is 14.4. The molecule has 0 aliphatic carbocycles.